The Bertz CT molecular complexity index is 857. The van der Waals surface area contributed by atoms with E-state index in [0.29, 0.717) is 11.3 Å². The molecule has 4 N–H and O–H groups in total. The van der Waals surface area contributed by atoms with Crippen molar-refractivity contribution in [1.82, 2.24) is 5.16 Å². The minimum Gasteiger partial charge on any atom is -0.491 e. The minimum atomic E-state index is -1.08. The largest absolute Gasteiger partial charge is 0.491 e. The van der Waals surface area contributed by atoms with Crippen molar-refractivity contribution in [3.63, 3.8) is 0 Å². The number of aromatic nitrogens is 1. The maximum atomic E-state index is 10.8. The lowest BCUT2D eigenvalue weighted by Crippen LogP contribution is -2.30. The molecule has 0 saturated carbocycles. The third-order valence-electron chi connectivity index (χ3n) is 3.80. The molecule has 0 aliphatic rings. The Balaban J connectivity index is 1.94. The SMILES string of the molecule is NC(CCc1c(O)noc1-c1ccc2ccccc2c1)C(=O)O. The maximum absolute atomic E-state index is 10.8. The molecule has 2 aromatic carbocycles. The molecule has 0 spiro atoms. The predicted octanol–water partition coefficient (Wildman–Crippen LogP) is 2.54. The molecular weight excluding hydrogens is 296 g/mol. The van der Waals surface area contributed by atoms with Crippen LogP contribution in [-0.2, 0) is 11.2 Å². The maximum Gasteiger partial charge on any atom is 0.320 e. The monoisotopic (exact) mass is 312 g/mol. The molecule has 1 heterocycles. The molecule has 1 aromatic heterocycles. The van der Waals surface area contributed by atoms with E-state index in [2.05, 4.69) is 5.16 Å². The van der Waals surface area contributed by atoms with E-state index in [0.717, 1.165) is 16.3 Å². The number of aromatic hydroxyl groups is 1. The number of carboxylic acid groups (broad SMARTS) is 1. The summed E-state index contributed by atoms with van der Waals surface area (Å²) in [6.07, 6.45) is 0.454. The molecule has 0 bridgehead atoms. The zero-order valence-electron chi connectivity index (χ0n) is 12.3. The van der Waals surface area contributed by atoms with Crippen molar-refractivity contribution in [1.29, 1.82) is 0 Å². The normalized spacial score (nSPS) is 12.4. The molecule has 0 aliphatic carbocycles. The highest BCUT2D eigenvalue weighted by Gasteiger charge is 2.20. The smallest absolute Gasteiger partial charge is 0.320 e. The highest BCUT2D eigenvalue weighted by atomic mass is 16.5. The van der Waals surface area contributed by atoms with Crippen LogP contribution >= 0.6 is 0 Å². The Hall–Kier alpha value is -2.86. The van der Waals surface area contributed by atoms with Crippen LogP contribution < -0.4 is 5.73 Å². The molecule has 3 rings (SSSR count). The van der Waals surface area contributed by atoms with Gasteiger partial charge in [0.25, 0.3) is 5.88 Å². The number of hydrogen-bond donors (Lipinski definition) is 3. The number of fused-ring (bicyclic) bond motifs is 1. The average molecular weight is 312 g/mol. The standard InChI is InChI=1S/C17H16N2O4/c18-14(17(21)22)8-7-13-15(23-19-16(13)20)12-6-5-10-3-1-2-4-11(10)9-12/h1-6,9,14H,7-8,18H2,(H,19,20)(H,21,22). The Labute approximate surface area is 132 Å². The van der Waals surface area contributed by atoms with Crippen LogP contribution in [0.15, 0.2) is 47.0 Å². The highest BCUT2D eigenvalue weighted by molar-refractivity contribution is 5.87. The van der Waals surface area contributed by atoms with Gasteiger partial charge in [-0.15, -0.1) is 0 Å². The zero-order valence-corrected chi connectivity index (χ0v) is 12.3. The van der Waals surface area contributed by atoms with E-state index >= 15 is 0 Å². The van der Waals surface area contributed by atoms with Gasteiger partial charge < -0.3 is 20.5 Å². The van der Waals surface area contributed by atoms with E-state index in [1.807, 2.05) is 42.5 Å². The second kappa shape index (κ2) is 6.10. The summed E-state index contributed by atoms with van der Waals surface area (Å²) >= 11 is 0. The van der Waals surface area contributed by atoms with Crippen LogP contribution in [0.5, 0.6) is 5.88 Å². The first-order chi connectivity index (χ1) is 11.1. The highest BCUT2D eigenvalue weighted by Crippen LogP contribution is 2.32. The molecule has 0 amide bonds. The fourth-order valence-electron chi connectivity index (χ4n) is 2.51. The first kappa shape index (κ1) is 15.1. The molecule has 0 radical (unpaired) electrons. The topological polar surface area (TPSA) is 110 Å². The van der Waals surface area contributed by atoms with E-state index in [-0.39, 0.29) is 18.7 Å². The zero-order chi connectivity index (χ0) is 16.4. The number of carbonyl (C=O) groups is 1. The van der Waals surface area contributed by atoms with Crippen LogP contribution in [0.1, 0.15) is 12.0 Å². The lowest BCUT2D eigenvalue weighted by atomic mass is 10.00. The number of benzene rings is 2. The van der Waals surface area contributed by atoms with Crippen LogP contribution in [0, 0.1) is 0 Å². The van der Waals surface area contributed by atoms with E-state index < -0.39 is 12.0 Å². The third-order valence-corrected chi connectivity index (χ3v) is 3.80. The van der Waals surface area contributed by atoms with Crippen molar-refractivity contribution < 1.29 is 19.5 Å². The quantitative estimate of drug-likeness (QED) is 0.668. The summed E-state index contributed by atoms with van der Waals surface area (Å²) in [5, 5.41) is 24.4. The first-order valence-electron chi connectivity index (χ1n) is 7.21. The molecule has 0 saturated heterocycles. The Morgan fingerprint density at radius 2 is 1.96 bits per heavy atom. The summed E-state index contributed by atoms with van der Waals surface area (Å²) in [6.45, 7) is 0. The number of nitrogens with zero attached hydrogens (tertiary/aromatic N) is 1. The van der Waals surface area contributed by atoms with Crippen LogP contribution in [0.25, 0.3) is 22.1 Å². The second-order valence-corrected chi connectivity index (χ2v) is 5.36. The second-order valence-electron chi connectivity index (χ2n) is 5.36. The van der Waals surface area contributed by atoms with Gasteiger partial charge in [-0.3, -0.25) is 4.79 Å². The predicted molar refractivity (Wildman–Crippen MR) is 85.0 cm³/mol. The van der Waals surface area contributed by atoms with Gasteiger partial charge in [-0.25, -0.2) is 0 Å². The van der Waals surface area contributed by atoms with E-state index in [9.17, 15) is 9.90 Å². The van der Waals surface area contributed by atoms with Crippen molar-refractivity contribution in [2.45, 2.75) is 18.9 Å². The van der Waals surface area contributed by atoms with Crippen molar-refractivity contribution in [2.24, 2.45) is 5.73 Å². The molecule has 0 fully saturated rings. The molecule has 1 unspecified atom stereocenters. The number of rotatable bonds is 5. The summed E-state index contributed by atoms with van der Waals surface area (Å²) in [5.74, 6) is -0.871. The van der Waals surface area contributed by atoms with Gasteiger partial charge in [-0.05, 0) is 34.8 Å². The fourth-order valence-corrected chi connectivity index (χ4v) is 2.51. The van der Waals surface area contributed by atoms with Crippen LogP contribution in [0.3, 0.4) is 0 Å². The summed E-state index contributed by atoms with van der Waals surface area (Å²) in [6, 6.07) is 12.7. The molecule has 0 aliphatic heterocycles. The van der Waals surface area contributed by atoms with Crippen molar-refractivity contribution in [3.05, 3.63) is 48.0 Å². The van der Waals surface area contributed by atoms with Crippen LogP contribution in [0.2, 0.25) is 0 Å². The van der Waals surface area contributed by atoms with Crippen LogP contribution in [0.4, 0.5) is 0 Å². The Morgan fingerprint density at radius 1 is 1.22 bits per heavy atom. The fraction of sp³-hybridized carbons (Fsp3) is 0.176. The summed E-state index contributed by atoms with van der Waals surface area (Å²) in [4.78, 5) is 10.8. The lowest BCUT2D eigenvalue weighted by Gasteiger charge is -2.06. The van der Waals surface area contributed by atoms with Gasteiger partial charge in [0.15, 0.2) is 5.76 Å². The molecule has 6 heteroatoms. The van der Waals surface area contributed by atoms with Crippen molar-refractivity contribution in [2.75, 3.05) is 0 Å². The van der Waals surface area contributed by atoms with Crippen LogP contribution in [-0.4, -0.2) is 27.4 Å². The molecule has 3 aromatic rings. The van der Waals surface area contributed by atoms with Gasteiger partial charge in [-0.2, -0.15) is 0 Å². The Kier molecular flexibility index (Phi) is 3.99. The van der Waals surface area contributed by atoms with Gasteiger partial charge in [-0.1, -0.05) is 36.4 Å². The van der Waals surface area contributed by atoms with Crippen molar-refractivity contribution in [3.8, 4) is 17.2 Å². The molecule has 6 nitrogen and oxygen atoms in total. The van der Waals surface area contributed by atoms with Crippen molar-refractivity contribution >= 4 is 16.7 Å². The number of carboxylic acids is 1. The van der Waals surface area contributed by atoms with E-state index in [1.54, 1.807) is 0 Å². The average Bonchev–Trinajstić information content (AvgIpc) is 2.92. The van der Waals surface area contributed by atoms with E-state index in [1.165, 1.54) is 0 Å². The number of aliphatic carboxylic acids is 1. The Morgan fingerprint density at radius 3 is 2.70 bits per heavy atom. The minimum absolute atomic E-state index is 0.185. The number of nitrogens with two attached hydrogens (primary N) is 1. The third kappa shape index (κ3) is 3.02. The summed E-state index contributed by atoms with van der Waals surface area (Å²) in [7, 11) is 0. The van der Waals surface area contributed by atoms with Gasteiger partial charge in [0, 0.05) is 5.56 Å². The van der Waals surface area contributed by atoms with Gasteiger partial charge >= 0.3 is 5.97 Å². The van der Waals surface area contributed by atoms with Gasteiger partial charge in [0.1, 0.15) is 6.04 Å². The first-order valence-corrected chi connectivity index (χ1v) is 7.21. The molecule has 23 heavy (non-hydrogen) atoms. The lowest BCUT2D eigenvalue weighted by molar-refractivity contribution is -0.138. The summed E-state index contributed by atoms with van der Waals surface area (Å²) in [5.41, 5.74) is 6.76. The molecular formula is C17H16N2O4. The van der Waals surface area contributed by atoms with E-state index in [4.69, 9.17) is 15.4 Å². The molecule has 1 atom stereocenters. The number of hydrogen-bond acceptors (Lipinski definition) is 5. The summed E-state index contributed by atoms with van der Waals surface area (Å²) < 4.78 is 5.23. The van der Waals surface area contributed by atoms with Gasteiger partial charge in [0.05, 0.1) is 5.56 Å². The van der Waals surface area contributed by atoms with Gasteiger partial charge in [0.2, 0.25) is 0 Å². The molecule has 118 valence electrons.